The standard InChI is InChI=1S/C15H27N3O3S/c1-4-6-8-17(5-2)12-7-9-18(15(19)16-12)13-11-22-14(21-13)10-20-3/h7,9,13-15,19H,4-6,8,10-11H2,1-3H3/t13-,14?,15?/m0/s1. The summed E-state index contributed by atoms with van der Waals surface area (Å²) in [6.45, 7) is 6.70. The Hall–Kier alpha value is -0.760. The maximum Gasteiger partial charge on any atom is 0.229 e. The summed E-state index contributed by atoms with van der Waals surface area (Å²) in [5.74, 6) is 1.65. The van der Waals surface area contributed by atoms with E-state index in [9.17, 15) is 5.11 Å². The Labute approximate surface area is 137 Å². The minimum atomic E-state index is -0.887. The lowest BCUT2D eigenvalue weighted by atomic mass is 10.3. The van der Waals surface area contributed by atoms with E-state index < -0.39 is 6.35 Å². The second-order valence-electron chi connectivity index (χ2n) is 5.34. The summed E-state index contributed by atoms with van der Waals surface area (Å²) in [6.07, 6.45) is 5.08. The lowest BCUT2D eigenvalue weighted by molar-refractivity contribution is -0.0999. The molecule has 0 aromatic rings. The summed E-state index contributed by atoms with van der Waals surface area (Å²) in [5.41, 5.74) is 0.0256. The first-order valence-corrected chi connectivity index (χ1v) is 8.96. The summed E-state index contributed by atoms with van der Waals surface area (Å²) in [4.78, 5) is 8.38. The number of hydrogen-bond donors (Lipinski definition) is 1. The molecule has 2 heterocycles. The van der Waals surface area contributed by atoms with Crippen molar-refractivity contribution >= 4 is 17.6 Å². The summed E-state index contributed by atoms with van der Waals surface area (Å²) >= 11 is 1.70. The number of rotatable bonds is 7. The van der Waals surface area contributed by atoms with Crippen LogP contribution in [-0.2, 0) is 9.47 Å². The van der Waals surface area contributed by atoms with Crippen molar-refractivity contribution < 1.29 is 14.6 Å². The Balaban J connectivity index is 1.93. The molecule has 7 heteroatoms. The summed E-state index contributed by atoms with van der Waals surface area (Å²) < 4.78 is 11.0. The lowest BCUT2D eigenvalue weighted by Crippen LogP contribution is -2.44. The van der Waals surface area contributed by atoms with Gasteiger partial charge in [-0.1, -0.05) is 13.3 Å². The number of aliphatic imine (C=N–C) groups is 1. The molecule has 6 nitrogen and oxygen atoms in total. The molecule has 1 fully saturated rings. The number of likely N-dealkylation sites (N-methyl/N-ethyl adjacent to an activating group) is 1. The van der Waals surface area contributed by atoms with Gasteiger partial charge in [0.25, 0.3) is 0 Å². The molecule has 0 aliphatic carbocycles. The first-order chi connectivity index (χ1) is 10.7. The van der Waals surface area contributed by atoms with Crippen LogP contribution in [0.1, 0.15) is 26.7 Å². The average Bonchev–Trinajstić information content (AvgIpc) is 2.97. The fourth-order valence-corrected chi connectivity index (χ4v) is 3.57. The van der Waals surface area contributed by atoms with Gasteiger partial charge >= 0.3 is 0 Å². The van der Waals surface area contributed by atoms with Crippen LogP contribution in [0.2, 0.25) is 0 Å². The first kappa shape index (κ1) is 17.6. The molecule has 0 bridgehead atoms. The van der Waals surface area contributed by atoms with Crippen molar-refractivity contribution in [3.8, 4) is 0 Å². The molecular formula is C15H27N3O3S. The largest absolute Gasteiger partial charge is 0.381 e. The summed E-state index contributed by atoms with van der Waals surface area (Å²) in [6, 6.07) is 0. The molecule has 2 aliphatic heterocycles. The van der Waals surface area contributed by atoms with E-state index >= 15 is 0 Å². The monoisotopic (exact) mass is 329 g/mol. The second-order valence-corrected chi connectivity index (χ2v) is 6.53. The van der Waals surface area contributed by atoms with Gasteiger partial charge in [-0.15, -0.1) is 11.8 Å². The van der Waals surface area contributed by atoms with Crippen LogP contribution < -0.4 is 0 Å². The van der Waals surface area contributed by atoms with Crippen LogP contribution >= 0.6 is 11.8 Å². The molecule has 0 saturated carbocycles. The normalized spacial score (nSPS) is 28.1. The van der Waals surface area contributed by atoms with Gasteiger partial charge in [0, 0.05) is 32.2 Å². The first-order valence-electron chi connectivity index (χ1n) is 7.92. The Kier molecular flexibility index (Phi) is 7.01. The number of hydrogen-bond acceptors (Lipinski definition) is 7. The molecule has 2 rings (SSSR count). The maximum atomic E-state index is 10.3. The number of amidine groups is 1. The van der Waals surface area contributed by atoms with Gasteiger partial charge in [0.05, 0.1) is 6.61 Å². The lowest BCUT2D eigenvalue weighted by Gasteiger charge is -2.34. The Bertz CT molecular complexity index is 405. The topological polar surface area (TPSA) is 57.5 Å². The number of ether oxygens (including phenoxy) is 2. The second kappa shape index (κ2) is 8.76. The van der Waals surface area contributed by atoms with Crippen molar-refractivity contribution in [2.45, 2.75) is 44.7 Å². The van der Waals surface area contributed by atoms with Crippen molar-refractivity contribution in [1.82, 2.24) is 9.80 Å². The fourth-order valence-electron chi connectivity index (χ4n) is 2.50. The molecule has 0 radical (unpaired) electrons. The van der Waals surface area contributed by atoms with Crippen molar-refractivity contribution in [2.75, 3.05) is 32.6 Å². The number of nitrogens with zero attached hydrogens (tertiary/aromatic N) is 3. The molecule has 0 aromatic heterocycles. The van der Waals surface area contributed by atoms with E-state index in [0.29, 0.717) is 6.61 Å². The van der Waals surface area contributed by atoms with Crippen LogP contribution in [0.5, 0.6) is 0 Å². The van der Waals surface area contributed by atoms with Crippen LogP contribution in [-0.4, -0.2) is 71.3 Å². The van der Waals surface area contributed by atoms with E-state index in [4.69, 9.17) is 9.47 Å². The molecule has 22 heavy (non-hydrogen) atoms. The van der Waals surface area contributed by atoms with Crippen LogP contribution in [0.4, 0.5) is 0 Å². The van der Waals surface area contributed by atoms with Gasteiger partial charge in [0.15, 0.2) is 0 Å². The maximum absolute atomic E-state index is 10.3. The number of methoxy groups -OCH3 is 1. The third-order valence-electron chi connectivity index (χ3n) is 3.77. The zero-order valence-electron chi connectivity index (χ0n) is 13.6. The van der Waals surface area contributed by atoms with Gasteiger partial charge in [-0.25, -0.2) is 4.99 Å². The Morgan fingerprint density at radius 3 is 3.00 bits per heavy atom. The molecule has 0 aromatic carbocycles. The van der Waals surface area contributed by atoms with E-state index in [-0.39, 0.29) is 11.7 Å². The number of unbranched alkanes of at least 4 members (excludes halogenated alkanes) is 1. The zero-order chi connectivity index (χ0) is 15.9. The summed E-state index contributed by atoms with van der Waals surface area (Å²) in [5, 5.41) is 10.3. The van der Waals surface area contributed by atoms with Crippen LogP contribution in [0.25, 0.3) is 0 Å². The molecular weight excluding hydrogens is 302 g/mol. The zero-order valence-corrected chi connectivity index (χ0v) is 14.5. The van der Waals surface area contributed by atoms with Crippen molar-refractivity contribution in [3.05, 3.63) is 12.3 Å². The van der Waals surface area contributed by atoms with Crippen LogP contribution in [0.3, 0.4) is 0 Å². The number of thioether (sulfide) groups is 1. The predicted molar refractivity (Wildman–Crippen MR) is 89.6 cm³/mol. The Morgan fingerprint density at radius 1 is 1.55 bits per heavy atom. The Morgan fingerprint density at radius 2 is 2.36 bits per heavy atom. The molecule has 0 spiro atoms. The smallest absolute Gasteiger partial charge is 0.229 e. The number of aliphatic hydroxyl groups excluding tert-OH is 1. The van der Waals surface area contributed by atoms with Gasteiger partial charge in [0.2, 0.25) is 6.35 Å². The van der Waals surface area contributed by atoms with Gasteiger partial charge in [-0.3, -0.25) is 0 Å². The molecule has 2 unspecified atom stereocenters. The van der Waals surface area contributed by atoms with Crippen molar-refractivity contribution in [3.63, 3.8) is 0 Å². The van der Waals surface area contributed by atoms with Gasteiger partial charge < -0.3 is 24.4 Å². The van der Waals surface area contributed by atoms with Crippen LogP contribution in [0.15, 0.2) is 17.3 Å². The van der Waals surface area contributed by atoms with Crippen molar-refractivity contribution in [2.24, 2.45) is 4.99 Å². The van der Waals surface area contributed by atoms with E-state index in [0.717, 1.165) is 37.5 Å². The van der Waals surface area contributed by atoms with E-state index in [1.807, 2.05) is 12.3 Å². The molecule has 2 aliphatic rings. The quantitative estimate of drug-likeness (QED) is 0.767. The highest BCUT2D eigenvalue weighted by Gasteiger charge is 2.33. The van der Waals surface area contributed by atoms with E-state index in [2.05, 4.69) is 23.7 Å². The van der Waals surface area contributed by atoms with E-state index in [1.54, 1.807) is 23.8 Å². The molecule has 126 valence electrons. The molecule has 3 atom stereocenters. The highest BCUT2D eigenvalue weighted by Crippen LogP contribution is 2.29. The predicted octanol–water partition coefficient (Wildman–Crippen LogP) is 1.67. The van der Waals surface area contributed by atoms with Gasteiger partial charge in [0.1, 0.15) is 17.5 Å². The fraction of sp³-hybridized carbons (Fsp3) is 0.800. The third-order valence-corrected chi connectivity index (χ3v) is 4.86. The molecule has 1 N–H and O–H groups in total. The van der Waals surface area contributed by atoms with Gasteiger partial charge in [-0.05, 0) is 19.4 Å². The van der Waals surface area contributed by atoms with Crippen LogP contribution in [0, 0.1) is 0 Å². The molecule has 0 amide bonds. The summed E-state index contributed by atoms with van der Waals surface area (Å²) in [7, 11) is 1.67. The van der Waals surface area contributed by atoms with Gasteiger partial charge in [-0.2, -0.15) is 0 Å². The molecule has 1 saturated heterocycles. The minimum Gasteiger partial charge on any atom is -0.381 e. The highest BCUT2D eigenvalue weighted by molar-refractivity contribution is 8.00. The van der Waals surface area contributed by atoms with E-state index in [1.165, 1.54) is 0 Å². The minimum absolute atomic E-state index is 0.0256. The highest BCUT2D eigenvalue weighted by atomic mass is 32.2. The van der Waals surface area contributed by atoms with Crippen molar-refractivity contribution in [1.29, 1.82) is 0 Å². The SMILES string of the molecule is CCCCN(CC)C1=NC(O)N([C@@H]2CSC(COC)O2)C=C1. The number of aliphatic hydroxyl groups is 1. The average molecular weight is 329 g/mol. The third kappa shape index (κ3) is 4.38.